The average molecular weight is 271 g/mol. The van der Waals surface area contributed by atoms with Gasteiger partial charge >= 0.3 is 6.09 Å². The van der Waals surface area contributed by atoms with Gasteiger partial charge in [0.05, 0.1) is 5.69 Å². The number of rotatable bonds is 2. The van der Waals surface area contributed by atoms with Crippen molar-refractivity contribution in [2.45, 2.75) is 26.4 Å². The second kappa shape index (κ2) is 5.33. The Morgan fingerprint density at radius 3 is 2.50 bits per heavy atom. The number of carbonyl (C=O) groups excluding carboxylic acids is 2. The molecule has 4 nitrogen and oxygen atoms in total. The molecule has 2 rings (SSSR count). The predicted octanol–water partition coefficient (Wildman–Crippen LogP) is 4.00. The van der Waals surface area contributed by atoms with E-state index in [2.05, 4.69) is 5.32 Å². The van der Waals surface area contributed by atoms with Crippen molar-refractivity contribution in [1.29, 1.82) is 0 Å². The number of benzene rings is 2. The fraction of sp³-hybridized carbons (Fsp3) is 0.250. The Bertz CT molecular complexity index is 656. The lowest BCUT2D eigenvalue weighted by Gasteiger charge is -2.20. The first kappa shape index (κ1) is 14.1. The molecule has 0 saturated heterocycles. The maximum atomic E-state index is 11.8. The van der Waals surface area contributed by atoms with E-state index in [1.165, 1.54) is 0 Å². The largest absolute Gasteiger partial charge is 0.444 e. The number of amides is 1. The Morgan fingerprint density at radius 1 is 1.15 bits per heavy atom. The Labute approximate surface area is 117 Å². The first-order valence-corrected chi connectivity index (χ1v) is 6.37. The van der Waals surface area contributed by atoms with Crippen molar-refractivity contribution in [3.8, 4) is 0 Å². The molecule has 0 atom stereocenters. The molecule has 1 amide bonds. The van der Waals surface area contributed by atoms with Crippen LogP contribution in [0.1, 0.15) is 31.1 Å². The molecule has 0 bridgehead atoms. The molecule has 20 heavy (non-hydrogen) atoms. The molecule has 0 heterocycles. The second-order valence-electron chi connectivity index (χ2n) is 5.49. The number of nitrogens with one attached hydrogen (secondary N) is 1. The van der Waals surface area contributed by atoms with E-state index in [4.69, 9.17) is 4.74 Å². The van der Waals surface area contributed by atoms with Crippen LogP contribution in [0.25, 0.3) is 10.8 Å². The number of ether oxygens (including phenoxy) is 1. The molecule has 2 aromatic carbocycles. The molecule has 0 aromatic heterocycles. The molecule has 104 valence electrons. The highest BCUT2D eigenvalue weighted by molar-refractivity contribution is 6.06. The SMILES string of the molecule is CC(C)(C)OC(=O)Nc1ccc2ccccc2c1C=O. The summed E-state index contributed by atoms with van der Waals surface area (Å²) in [5.74, 6) is 0. The number of hydrogen-bond donors (Lipinski definition) is 1. The minimum absolute atomic E-state index is 0.452. The van der Waals surface area contributed by atoms with Crippen molar-refractivity contribution in [3.05, 3.63) is 42.0 Å². The summed E-state index contributed by atoms with van der Waals surface area (Å²) >= 11 is 0. The molecular weight excluding hydrogens is 254 g/mol. The first-order chi connectivity index (χ1) is 9.40. The quantitative estimate of drug-likeness (QED) is 0.840. The fourth-order valence-corrected chi connectivity index (χ4v) is 1.95. The Kier molecular flexibility index (Phi) is 3.74. The van der Waals surface area contributed by atoms with Crippen LogP contribution in [-0.2, 0) is 4.74 Å². The van der Waals surface area contributed by atoms with Gasteiger partial charge in [0.15, 0.2) is 6.29 Å². The molecule has 0 saturated carbocycles. The second-order valence-corrected chi connectivity index (χ2v) is 5.49. The van der Waals surface area contributed by atoms with Crippen LogP contribution >= 0.6 is 0 Å². The molecule has 2 aromatic rings. The Morgan fingerprint density at radius 2 is 1.85 bits per heavy atom. The van der Waals surface area contributed by atoms with E-state index < -0.39 is 11.7 Å². The van der Waals surface area contributed by atoms with Gasteiger partial charge < -0.3 is 4.74 Å². The van der Waals surface area contributed by atoms with E-state index in [0.717, 1.165) is 17.1 Å². The third-order valence-electron chi connectivity index (χ3n) is 2.72. The minimum atomic E-state index is -0.581. The topological polar surface area (TPSA) is 55.4 Å². The van der Waals surface area contributed by atoms with Gasteiger partial charge in [-0.05, 0) is 37.6 Å². The van der Waals surface area contributed by atoms with Crippen LogP contribution in [0.4, 0.5) is 10.5 Å². The average Bonchev–Trinajstić information content (AvgIpc) is 2.36. The highest BCUT2D eigenvalue weighted by Crippen LogP contribution is 2.25. The lowest BCUT2D eigenvalue weighted by molar-refractivity contribution is 0.0636. The summed E-state index contributed by atoms with van der Waals surface area (Å²) in [7, 11) is 0. The molecule has 0 spiro atoms. The Hall–Kier alpha value is -2.36. The van der Waals surface area contributed by atoms with Gasteiger partial charge in [0.1, 0.15) is 5.60 Å². The van der Waals surface area contributed by atoms with Crippen LogP contribution in [0.5, 0.6) is 0 Å². The van der Waals surface area contributed by atoms with E-state index in [-0.39, 0.29) is 0 Å². The number of aldehydes is 1. The van der Waals surface area contributed by atoms with Crippen LogP contribution < -0.4 is 5.32 Å². The summed E-state index contributed by atoms with van der Waals surface area (Å²) in [5, 5.41) is 4.37. The molecule has 1 N–H and O–H groups in total. The third-order valence-corrected chi connectivity index (χ3v) is 2.72. The number of hydrogen-bond acceptors (Lipinski definition) is 3. The molecular formula is C16H17NO3. The molecule has 0 radical (unpaired) electrons. The van der Waals surface area contributed by atoms with E-state index in [9.17, 15) is 9.59 Å². The van der Waals surface area contributed by atoms with Gasteiger partial charge in [-0.25, -0.2) is 4.79 Å². The number of carbonyl (C=O) groups is 2. The highest BCUT2D eigenvalue weighted by atomic mass is 16.6. The molecule has 4 heteroatoms. The van der Waals surface area contributed by atoms with Crippen molar-refractivity contribution >= 4 is 28.8 Å². The zero-order valence-electron chi connectivity index (χ0n) is 11.8. The zero-order valence-corrected chi connectivity index (χ0v) is 11.8. The van der Waals surface area contributed by atoms with E-state index in [0.29, 0.717) is 11.3 Å². The van der Waals surface area contributed by atoms with Gasteiger partial charge in [-0.15, -0.1) is 0 Å². The molecule has 0 aliphatic heterocycles. The lowest BCUT2D eigenvalue weighted by Crippen LogP contribution is -2.27. The molecule has 0 aliphatic carbocycles. The van der Waals surface area contributed by atoms with Gasteiger partial charge in [-0.3, -0.25) is 10.1 Å². The summed E-state index contributed by atoms with van der Waals surface area (Å²) in [6, 6.07) is 11.1. The van der Waals surface area contributed by atoms with Gasteiger partial charge in [-0.1, -0.05) is 30.3 Å². The normalized spacial score (nSPS) is 11.2. The zero-order chi connectivity index (χ0) is 14.8. The van der Waals surface area contributed by atoms with E-state index in [1.807, 2.05) is 30.3 Å². The summed E-state index contributed by atoms with van der Waals surface area (Å²) in [5.41, 5.74) is 0.323. The van der Waals surface area contributed by atoms with E-state index >= 15 is 0 Å². The van der Waals surface area contributed by atoms with Gasteiger partial charge in [-0.2, -0.15) is 0 Å². The number of anilines is 1. The standard InChI is InChI=1S/C16H17NO3/c1-16(2,3)20-15(19)17-14-9-8-11-6-4-5-7-12(11)13(14)10-18/h4-10H,1-3H3,(H,17,19). The van der Waals surface area contributed by atoms with Crippen molar-refractivity contribution in [2.24, 2.45) is 0 Å². The fourth-order valence-electron chi connectivity index (χ4n) is 1.95. The highest BCUT2D eigenvalue weighted by Gasteiger charge is 2.17. The maximum absolute atomic E-state index is 11.8. The first-order valence-electron chi connectivity index (χ1n) is 6.37. The monoisotopic (exact) mass is 271 g/mol. The van der Waals surface area contributed by atoms with Crippen molar-refractivity contribution in [3.63, 3.8) is 0 Å². The predicted molar refractivity (Wildman–Crippen MR) is 79.2 cm³/mol. The summed E-state index contributed by atoms with van der Waals surface area (Å²) in [6.07, 6.45) is 0.172. The summed E-state index contributed by atoms with van der Waals surface area (Å²) < 4.78 is 5.19. The van der Waals surface area contributed by atoms with Gasteiger partial charge in [0.25, 0.3) is 0 Å². The molecule has 0 aliphatic rings. The van der Waals surface area contributed by atoms with E-state index in [1.54, 1.807) is 26.8 Å². The Balaban J connectivity index is 2.35. The van der Waals surface area contributed by atoms with Crippen LogP contribution in [0, 0.1) is 0 Å². The lowest BCUT2D eigenvalue weighted by atomic mass is 10.0. The summed E-state index contributed by atoms with van der Waals surface area (Å²) in [4.78, 5) is 23.1. The van der Waals surface area contributed by atoms with Crippen molar-refractivity contribution in [2.75, 3.05) is 5.32 Å². The van der Waals surface area contributed by atoms with Crippen LogP contribution in [0.2, 0.25) is 0 Å². The van der Waals surface area contributed by atoms with Gasteiger partial charge in [0, 0.05) is 5.56 Å². The summed E-state index contributed by atoms with van der Waals surface area (Å²) in [6.45, 7) is 5.36. The van der Waals surface area contributed by atoms with Crippen molar-refractivity contribution < 1.29 is 14.3 Å². The smallest absolute Gasteiger partial charge is 0.412 e. The van der Waals surface area contributed by atoms with Crippen LogP contribution in [-0.4, -0.2) is 18.0 Å². The molecule has 0 unspecified atom stereocenters. The van der Waals surface area contributed by atoms with Crippen molar-refractivity contribution in [1.82, 2.24) is 0 Å². The number of fused-ring (bicyclic) bond motifs is 1. The molecule has 0 fully saturated rings. The minimum Gasteiger partial charge on any atom is -0.444 e. The third kappa shape index (κ3) is 3.15. The van der Waals surface area contributed by atoms with Crippen LogP contribution in [0.15, 0.2) is 36.4 Å². The van der Waals surface area contributed by atoms with Gasteiger partial charge in [0.2, 0.25) is 0 Å². The maximum Gasteiger partial charge on any atom is 0.412 e. The van der Waals surface area contributed by atoms with Crippen LogP contribution in [0.3, 0.4) is 0 Å².